The fraction of sp³-hybridized carbons (Fsp3) is 0.200. The summed E-state index contributed by atoms with van der Waals surface area (Å²) in [6, 6.07) is 11.9. The molecule has 0 aliphatic heterocycles. The maximum absolute atomic E-state index is 5.80. The quantitative estimate of drug-likeness (QED) is 0.814. The summed E-state index contributed by atoms with van der Waals surface area (Å²) in [5.74, 6) is 3.40. The third-order valence-corrected chi connectivity index (χ3v) is 2.83. The zero-order valence-corrected chi connectivity index (χ0v) is 9.81. The molecular weight excluding hydrogens is 210 g/mol. The Hall–Kier alpha value is -1.98. The van der Waals surface area contributed by atoms with Gasteiger partial charge < -0.3 is 10.5 Å². The van der Waals surface area contributed by atoms with Gasteiger partial charge in [-0.1, -0.05) is 30.2 Å². The Balaban J connectivity index is 2.51. The largest absolute Gasteiger partial charge is 0.497 e. The van der Waals surface area contributed by atoms with Crippen LogP contribution in [0.1, 0.15) is 5.56 Å². The molecule has 17 heavy (non-hydrogen) atoms. The SMILES string of the molecule is C#CC(N)Cc1cccc2ccc(OC)cc12. The highest BCUT2D eigenvalue weighted by atomic mass is 16.5. The van der Waals surface area contributed by atoms with Gasteiger partial charge in [0.1, 0.15) is 5.75 Å². The summed E-state index contributed by atoms with van der Waals surface area (Å²) in [7, 11) is 1.66. The Morgan fingerprint density at radius 3 is 2.88 bits per heavy atom. The van der Waals surface area contributed by atoms with Crippen LogP contribution in [-0.4, -0.2) is 13.2 Å². The number of fused-ring (bicyclic) bond motifs is 1. The fourth-order valence-corrected chi connectivity index (χ4v) is 1.92. The second-order valence-electron chi connectivity index (χ2n) is 3.98. The van der Waals surface area contributed by atoms with Crippen molar-refractivity contribution < 1.29 is 4.74 Å². The van der Waals surface area contributed by atoms with Crippen LogP contribution in [0.25, 0.3) is 10.8 Å². The van der Waals surface area contributed by atoms with Crippen molar-refractivity contribution in [2.75, 3.05) is 7.11 Å². The minimum atomic E-state index is -0.244. The van der Waals surface area contributed by atoms with Crippen LogP contribution in [0.3, 0.4) is 0 Å². The van der Waals surface area contributed by atoms with Crippen LogP contribution in [0.4, 0.5) is 0 Å². The van der Waals surface area contributed by atoms with Crippen molar-refractivity contribution in [3.05, 3.63) is 42.0 Å². The van der Waals surface area contributed by atoms with Gasteiger partial charge in [-0.2, -0.15) is 0 Å². The van der Waals surface area contributed by atoms with Crippen molar-refractivity contribution in [2.45, 2.75) is 12.5 Å². The summed E-state index contributed by atoms with van der Waals surface area (Å²) >= 11 is 0. The van der Waals surface area contributed by atoms with Gasteiger partial charge in [-0.05, 0) is 34.9 Å². The molecule has 0 aromatic heterocycles. The third kappa shape index (κ3) is 2.41. The number of hydrogen-bond donors (Lipinski definition) is 1. The van der Waals surface area contributed by atoms with Gasteiger partial charge in [0.2, 0.25) is 0 Å². The predicted octanol–water partition coefficient (Wildman–Crippen LogP) is 2.35. The first-order valence-corrected chi connectivity index (χ1v) is 5.52. The summed E-state index contributed by atoms with van der Waals surface area (Å²) in [6.07, 6.45) is 6.00. The predicted molar refractivity (Wildman–Crippen MR) is 71.0 cm³/mol. The van der Waals surface area contributed by atoms with Crippen molar-refractivity contribution in [3.63, 3.8) is 0 Å². The molecule has 0 fully saturated rings. The normalized spacial score (nSPS) is 12.1. The molecule has 0 saturated heterocycles. The topological polar surface area (TPSA) is 35.2 Å². The van der Waals surface area contributed by atoms with Gasteiger partial charge in [0, 0.05) is 0 Å². The summed E-state index contributed by atoms with van der Waals surface area (Å²) < 4.78 is 5.24. The molecular formula is C15H15NO. The molecule has 2 nitrogen and oxygen atoms in total. The first-order valence-electron chi connectivity index (χ1n) is 5.52. The molecule has 0 spiro atoms. The van der Waals surface area contributed by atoms with Crippen LogP contribution in [-0.2, 0) is 6.42 Å². The molecule has 0 aliphatic rings. The Labute approximate surface area is 101 Å². The summed E-state index contributed by atoms with van der Waals surface area (Å²) in [6.45, 7) is 0. The van der Waals surface area contributed by atoms with Crippen LogP contribution >= 0.6 is 0 Å². The number of hydrogen-bond acceptors (Lipinski definition) is 2. The molecule has 86 valence electrons. The maximum Gasteiger partial charge on any atom is 0.119 e. The Bertz CT molecular complexity index is 569. The average molecular weight is 225 g/mol. The van der Waals surface area contributed by atoms with E-state index in [4.69, 9.17) is 16.9 Å². The smallest absolute Gasteiger partial charge is 0.119 e. The highest BCUT2D eigenvalue weighted by Gasteiger charge is 2.05. The Morgan fingerprint density at radius 1 is 1.35 bits per heavy atom. The lowest BCUT2D eigenvalue weighted by Crippen LogP contribution is -2.20. The second kappa shape index (κ2) is 4.90. The lowest BCUT2D eigenvalue weighted by atomic mass is 9.99. The van der Waals surface area contributed by atoms with Crippen molar-refractivity contribution in [3.8, 4) is 18.1 Å². The minimum absolute atomic E-state index is 0.244. The molecule has 1 unspecified atom stereocenters. The third-order valence-electron chi connectivity index (χ3n) is 2.83. The summed E-state index contributed by atoms with van der Waals surface area (Å²) in [5, 5.41) is 2.32. The number of rotatable bonds is 3. The monoisotopic (exact) mass is 225 g/mol. The van der Waals surface area contributed by atoms with Gasteiger partial charge in [0.25, 0.3) is 0 Å². The van der Waals surface area contributed by atoms with Gasteiger partial charge in [-0.3, -0.25) is 0 Å². The number of benzene rings is 2. The van der Waals surface area contributed by atoms with E-state index in [0.717, 1.165) is 16.7 Å². The minimum Gasteiger partial charge on any atom is -0.497 e. The van der Waals surface area contributed by atoms with Gasteiger partial charge in [-0.15, -0.1) is 6.42 Å². The number of methoxy groups -OCH3 is 1. The fourth-order valence-electron chi connectivity index (χ4n) is 1.92. The molecule has 2 aromatic rings. The number of terminal acetylenes is 1. The van der Waals surface area contributed by atoms with Gasteiger partial charge in [0.15, 0.2) is 0 Å². The molecule has 2 rings (SSSR count). The van der Waals surface area contributed by atoms with Crippen molar-refractivity contribution in [2.24, 2.45) is 5.73 Å². The zero-order valence-electron chi connectivity index (χ0n) is 9.81. The highest BCUT2D eigenvalue weighted by Crippen LogP contribution is 2.24. The molecule has 2 aromatic carbocycles. The molecule has 0 heterocycles. The molecule has 2 N–H and O–H groups in total. The zero-order chi connectivity index (χ0) is 12.3. The van der Waals surface area contributed by atoms with Gasteiger partial charge in [-0.25, -0.2) is 0 Å². The van der Waals surface area contributed by atoms with Crippen LogP contribution in [0.5, 0.6) is 5.75 Å². The molecule has 0 aliphatic carbocycles. The number of nitrogens with two attached hydrogens (primary N) is 1. The first kappa shape index (κ1) is 11.5. The number of ether oxygens (including phenoxy) is 1. The Kier molecular flexibility index (Phi) is 3.32. The van der Waals surface area contributed by atoms with E-state index in [9.17, 15) is 0 Å². The lowest BCUT2D eigenvalue weighted by molar-refractivity contribution is 0.415. The Morgan fingerprint density at radius 2 is 2.18 bits per heavy atom. The highest BCUT2D eigenvalue weighted by molar-refractivity contribution is 5.87. The van der Waals surface area contributed by atoms with E-state index in [-0.39, 0.29) is 6.04 Å². The van der Waals surface area contributed by atoms with Gasteiger partial charge >= 0.3 is 0 Å². The second-order valence-corrected chi connectivity index (χ2v) is 3.98. The molecule has 0 amide bonds. The lowest BCUT2D eigenvalue weighted by Gasteiger charge is -2.10. The van der Waals surface area contributed by atoms with Crippen LogP contribution in [0.2, 0.25) is 0 Å². The van der Waals surface area contributed by atoms with E-state index in [2.05, 4.69) is 18.1 Å². The van der Waals surface area contributed by atoms with Crippen LogP contribution in [0, 0.1) is 12.3 Å². The molecule has 2 heteroatoms. The van der Waals surface area contributed by atoms with Crippen molar-refractivity contribution in [1.82, 2.24) is 0 Å². The van der Waals surface area contributed by atoms with Crippen molar-refractivity contribution >= 4 is 10.8 Å². The van der Waals surface area contributed by atoms with Gasteiger partial charge in [0.05, 0.1) is 13.2 Å². The van der Waals surface area contributed by atoms with Crippen LogP contribution < -0.4 is 10.5 Å². The van der Waals surface area contributed by atoms with Crippen molar-refractivity contribution in [1.29, 1.82) is 0 Å². The summed E-state index contributed by atoms with van der Waals surface area (Å²) in [5.41, 5.74) is 6.96. The van der Waals surface area contributed by atoms with E-state index >= 15 is 0 Å². The first-order chi connectivity index (χ1) is 8.24. The standard InChI is InChI=1S/C15H15NO/c1-3-13(16)9-12-6-4-5-11-7-8-14(17-2)10-15(11)12/h1,4-8,10,13H,9,16H2,2H3. The van der Waals surface area contributed by atoms with E-state index < -0.39 is 0 Å². The van der Waals surface area contributed by atoms with Crippen LogP contribution in [0.15, 0.2) is 36.4 Å². The van der Waals surface area contributed by atoms with E-state index in [1.165, 1.54) is 5.39 Å². The molecule has 0 radical (unpaired) electrons. The molecule has 0 saturated carbocycles. The maximum atomic E-state index is 5.80. The molecule has 0 bridgehead atoms. The van der Waals surface area contributed by atoms with E-state index in [0.29, 0.717) is 6.42 Å². The van der Waals surface area contributed by atoms with E-state index in [1.54, 1.807) is 7.11 Å². The average Bonchev–Trinajstić information content (AvgIpc) is 2.38. The van der Waals surface area contributed by atoms with E-state index in [1.807, 2.05) is 24.3 Å². The molecule has 1 atom stereocenters. The summed E-state index contributed by atoms with van der Waals surface area (Å²) in [4.78, 5) is 0.